The lowest BCUT2D eigenvalue weighted by Gasteiger charge is -2.21. The highest BCUT2D eigenvalue weighted by molar-refractivity contribution is 6.93. The number of rotatable bonds is 4. The maximum atomic E-state index is 4.60. The van der Waals surface area contributed by atoms with Crippen LogP contribution >= 0.6 is 0 Å². The minimum Gasteiger partial charge on any atom is -0.212 e. The summed E-state index contributed by atoms with van der Waals surface area (Å²) in [7, 11) is -1.71. The molecule has 3 nitrogen and oxygen atoms in total. The van der Waals surface area contributed by atoms with Crippen molar-refractivity contribution in [2.24, 2.45) is 0 Å². The van der Waals surface area contributed by atoms with E-state index in [0.29, 0.717) is 0 Å². The zero-order valence-electron chi connectivity index (χ0n) is 17.0. The number of nitrogens with zero attached hydrogens (tertiary/aromatic N) is 3. The number of aryl methyl sites for hydroxylation is 1. The van der Waals surface area contributed by atoms with Crippen molar-refractivity contribution in [1.29, 1.82) is 0 Å². The topological polar surface area (TPSA) is 30.7 Å². The molecule has 0 bridgehead atoms. The fraction of sp³-hybridized carbons (Fsp3) is 0.261. The van der Waals surface area contributed by atoms with Crippen molar-refractivity contribution in [2.45, 2.75) is 40.4 Å². The number of para-hydroxylation sites is 1. The lowest BCUT2D eigenvalue weighted by Crippen LogP contribution is -2.24. The van der Waals surface area contributed by atoms with Crippen LogP contribution in [-0.4, -0.2) is 23.1 Å². The lowest BCUT2D eigenvalue weighted by atomic mass is 10.1. The summed E-state index contributed by atoms with van der Waals surface area (Å²) in [6, 6.07) is 18.7. The average molecular weight is 374 g/mol. The molecule has 0 unspecified atom stereocenters. The van der Waals surface area contributed by atoms with Gasteiger partial charge in [0, 0.05) is 10.8 Å². The molecule has 27 heavy (non-hydrogen) atoms. The second-order valence-electron chi connectivity index (χ2n) is 8.15. The van der Waals surface area contributed by atoms with Gasteiger partial charge < -0.3 is 0 Å². The van der Waals surface area contributed by atoms with Crippen LogP contribution in [0.4, 0.5) is 0 Å². The maximum absolute atomic E-state index is 4.60. The quantitative estimate of drug-likeness (QED) is 0.410. The third kappa shape index (κ3) is 4.18. The van der Waals surface area contributed by atoms with E-state index in [1.54, 1.807) is 0 Å². The SMILES string of the molecule is CC(C)=C=C(c1c(-c2ccc(C)cc2)nnn1-c1ccccc1)[Si](C)(C)C. The standard InChI is InChI=1S/C23H27N3Si/c1-17(2)16-21(27(4,5)6)23-22(19-14-12-18(3)13-15-19)24-25-26(23)20-10-8-7-9-11-20/h7-15H,1-6H3. The number of hydrogen-bond donors (Lipinski definition) is 0. The zero-order chi connectivity index (χ0) is 19.6. The predicted octanol–water partition coefficient (Wildman–Crippen LogP) is 6.07. The minimum atomic E-state index is -1.71. The van der Waals surface area contributed by atoms with E-state index in [0.717, 1.165) is 22.6 Å². The first-order chi connectivity index (χ1) is 12.8. The summed E-state index contributed by atoms with van der Waals surface area (Å²) in [6.45, 7) is 13.3. The van der Waals surface area contributed by atoms with Crippen LogP contribution < -0.4 is 0 Å². The Labute approximate surface area is 163 Å². The van der Waals surface area contributed by atoms with Gasteiger partial charge in [0.15, 0.2) is 0 Å². The van der Waals surface area contributed by atoms with Crippen LogP contribution in [0.3, 0.4) is 0 Å². The highest BCUT2D eigenvalue weighted by Gasteiger charge is 2.29. The second-order valence-corrected chi connectivity index (χ2v) is 13.2. The number of benzene rings is 2. The van der Waals surface area contributed by atoms with Crippen molar-refractivity contribution in [3.63, 3.8) is 0 Å². The average Bonchev–Trinajstić information content (AvgIpc) is 3.04. The van der Waals surface area contributed by atoms with Crippen molar-refractivity contribution >= 4 is 13.3 Å². The van der Waals surface area contributed by atoms with Crippen LogP contribution in [0.25, 0.3) is 22.1 Å². The molecule has 3 rings (SSSR count). The Morgan fingerprint density at radius 2 is 1.56 bits per heavy atom. The highest BCUT2D eigenvalue weighted by atomic mass is 28.3. The summed E-state index contributed by atoms with van der Waals surface area (Å²) in [5.41, 5.74) is 10.1. The second kappa shape index (κ2) is 7.51. The first-order valence-electron chi connectivity index (χ1n) is 9.30. The molecule has 0 aliphatic carbocycles. The molecule has 2 aromatic carbocycles. The van der Waals surface area contributed by atoms with Gasteiger partial charge in [0.25, 0.3) is 0 Å². The van der Waals surface area contributed by atoms with Gasteiger partial charge >= 0.3 is 0 Å². The fourth-order valence-electron chi connectivity index (χ4n) is 3.01. The smallest absolute Gasteiger partial charge is 0.121 e. The van der Waals surface area contributed by atoms with Gasteiger partial charge in [-0.25, -0.2) is 4.68 Å². The van der Waals surface area contributed by atoms with Crippen molar-refractivity contribution in [3.8, 4) is 16.9 Å². The first-order valence-corrected chi connectivity index (χ1v) is 12.8. The third-order valence-corrected chi connectivity index (χ3v) is 6.22. The van der Waals surface area contributed by atoms with E-state index in [2.05, 4.69) is 92.9 Å². The number of aromatic nitrogens is 3. The molecule has 3 aromatic rings. The normalized spacial score (nSPS) is 11.2. The van der Waals surface area contributed by atoms with E-state index in [9.17, 15) is 0 Å². The van der Waals surface area contributed by atoms with Crippen LogP contribution in [0.2, 0.25) is 19.6 Å². The molecule has 138 valence electrons. The Morgan fingerprint density at radius 3 is 2.11 bits per heavy atom. The van der Waals surface area contributed by atoms with E-state index in [1.165, 1.54) is 16.3 Å². The van der Waals surface area contributed by atoms with Crippen molar-refractivity contribution in [1.82, 2.24) is 15.0 Å². The molecule has 0 aliphatic heterocycles. The lowest BCUT2D eigenvalue weighted by molar-refractivity contribution is 0.797. The highest BCUT2D eigenvalue weighted by Crippen LogP contribution is 2.34. The van der Waals surface area contributed by atoms with E-state index < -0.39 is 8.07 Å². The summed E-state index contributed by atoms with van der Waals surface area (Å²) in [4.78, 5) is 0. The molecule has 0 fully saturated rings. The molecule has 0 spiro atoms. The van der Waals surface area contributed by atoms with Gasteiger partial charge in [-0.3, -0.25) is 0 Å². The zero-order valence-corrected chi connectivity index (χ0v) is 18.0. The summed E-state index contributed by atoms with van der Waals surface area (Å²) in [6.07, 6.45) is 0. The Kier molecular flexibility index (Phi) is 5.31. The number of allylic oxidation sites excluding steroid dienone is 1. The van der Waals surface area contributed by atoms with Gasteiger partial charge in [-0.15, -0.1) is 10.8 Å². The molecule has 1 aromatic heterocycles. The molecular formula is C23H27N3Si. The van der Waals surface area contributed by atoms with Gasteiger partial charge in [0.2, 0.25) is 0 Å². The summed E-state index contributed by atoms with van der Waals surface area (Å²) >= 11 is 0. The van der Waals surface area contributed by atoms with Crippen LogP contribution in [-0.2, 0) is 0 Å². The Morgan fingerprint density at radius 1 is 0.926 bits per heavy atom. The van der Waals surface area contributed by atoms with E-state index in [-0.39, 0.29) is 0 Å². The van der Waals surface area contributed by atoms with E-state index in [4.69, 9.17) is 0 Å². The maximum Gasteiger partial charge on any atom is 0.121 e. The molecule has 0 atom stereocenters. The van der Waals surface area contributed by atoms with Gasteiger partial charge in [-0.2, -0.15) is 0 Å². The van der Waals surface area contributed by atoms with Crippen LogP contribution in [0.15, 0.2) is 65.9 Å². The summed E-state index contributed by atoms with van der Waals surface area (Å²) in [5.74, 6) is 0. The Hall–Kier alpha value is -2.68. The van der Waals surface area contributed by atoms with Crippen LogP contribution in [0.5, 0.6) is 0 Å². The fourth-order valence-corrected chi connectivity index (χ4v) is 4.57. The molecule has 4 heteroatoms. The molecule has 1 heterocycles. The largest absolute Gasteiger partial charge is 0.212 e. The van der Waals surface area contributed by atoms with E-state index in [1.807, 2.05) is 22.9 Å². The Bertz CT molecular complexity index is 996. The molecular weight excluding hydrogens is 346 g/mol. The molecule has 0 aliphatic rings. The predicted molar refractivity (Wildman–Crippen MR) is 117 cm³/mol. The van der Waals surface area contributed by atoms with Crippen molar-refractivity contribution in [2.75, 3.05) is 0 Å². The third-order valence-electron chi connectivity index (χ3n) is 4.36. The van der Waals surface area contributed by atoms with Gasteiger partial charge in [0.1, 0.15) is 11.4 Å². The molecule has 0 radical (unpaired) electrons. The molecule has 0 amide bonds. The molecule has 0 saturated heterocycles. The summed E-state index contributed by atoms with van der Waals surface area (Å²) in [5, 5.41) is 10.4. The molecule has 0 N–H and O–H groups in total. The van der Waals surface area contributed by atoms with Crippen molar-refractivity contribution in [3.05, 3.63) is 77.2 Å². The number of hydrogen-bond acceptors (Lipinski definition) is 2. The Balaban J connectivity index is 2.36. The minimum absolute atomic E-state index is 0.921. The molecule has 0 saturated carbocycles. The van der Waals surface area contributed by atoms with E-state index >= 15 is 0 Å². The monoisotopic (exact) mass is 373 g/mol. The van der Waals surface area contributed by atoms with Gasteiger partial charge in [-0.1, -0.05) is 72.9 Å². The van der Waals surface area contributed by atoms with Crippen molar-refractivity contribution < 1.29 is 0 Å². The van der Waals surface area contributed by atoms with Crippen LogP contribution in [0.1, 0.15) is 25.1 Å². The van der Waals surface area contributed by atoms with Gasteiger partial charge in [-0.05, 0) is 38.5 Å². The van der Waals surface area contributed by atoms with Crippen LogP contribution in [0, 0.1) is 6.92 Å². The first kappa shape index (κ1) is 19.1. The van der Waals surface area contributed by atoms with Gasteiger partial charge in [0.05, 0.1) is 13.8 Å². The summed E-state index contributed by atoms with van der Waals surface area (Å²) < 4.78 is 1.97.